The summed E-state index contributed by atoms with van der Waals surface area (Å²) in [6.45, 7) is 6.85. The molecule has 1 fully saturated rings. The number of likely N-dealkylation sites (tertiary alicyclic amines) is 1. The monoisotopic (exact) mass is 358 g/mol. The lowest BCUT2D eigenvalue weighted by Crippen LogP contribution is -2.35. The fourth-order valence-electron chi connectivity index (χ4n) is 3.39. The predicted octanol–water partition coefficient (Wildman–Crippen LogP) is 3.06. The summed E-state index contributed by atoms with van der Waals surface area (Å²) in [6.07, 6.45) is 5.97. The summed E-state index contributed by atoms with van der Waals surface area (Å²) in [5, 5.41) is 9.56. The van der Waals surface area contributed by atoms with Gasteiger partial charge in [0, 0.05) is 35.8 Å². The van der Waals surface area contributed by atoms with E-state index in [2.05, 4.69) is 32.8 Å². The van der Waals surface area contributed by atoms with Gasteiger partial charge >= 0.3 is 0 Å². The van der Waals surface area contributed by atoms with Gasteiger partial charge in [-0.3, -0.25) is 14.4 Å². The van der Waals surface area contributed by atoms with Crippen LogP contribution in [0.25, 0.3) is 6.08 Å². The Labute approximate surface area is 153 Å². The van der Waals surface area contributed by atoms with E-state index in [1.807, 2.05) is 31.7 Å². The smallest absolute Gasteiger partial charge is 0.244 e. The molecule has 3 heterocycles. The second kappa shape index (κ2) is 7.97. The van der Waals surface area contributed by atoms with Crippen LogP contribution >= 0.6 is 11.3 Å². The number of carbonyl (C=O) groups is 1. The van der Waals surface area contributed by atoms with Gasteiger partial charge in [-0.25, -0.2) is 0 Å². The van der Waals surface area contributed by atoms with E-state index < -0.39 is 0 Å². The number of nitrogens with zero attached hydrogens (tertiary/aromatic N) is 3. The summed E-state index contributed by atoms with van der Waals surface area (Å²) in [7, 11) is 1.92. The molecule has 0 unspecified atom stereocenters. The summed E-state index contributed by atoms with van der Waals surface area (Å²) < 4.78 is 1.84. The molecule has 1 atom stereocenters. The van der Waals surface area contributed by atoms with E-state index in [1.165, 1.54) is 17.7 Å². The van der Waals surface area contributed by atoms with Gasteiger partial charge in [0.25, 0.3) is 0 Å². The normalized spacial score (nSPS) is 16.6. The molecule has 25 heavy (non-hydrogen) atoms. The highest BCUT2D eigenvalue weighted by Crippen LogP contribution is 2.27. The zero-order valence-electron chi connectivity index (χ0n) is 15.2. The van der Waals surface area contributed by atoms with Crippen LogP contribution in [0.1, 0.15) is 40.7 Å². The molecule has 1 N–H and O–H groups in total. The largest absolute Gasteiger partial charge is 0.351 e. The first kappa shape index (κ1) is 17.9. The minimum Gasteiger partial charge on any atom is -0.351 e. The second-order valence-electron chi connectivity index (χ2n) is 6.56. The maximum absolute atomic E-state index is 12.3. The molecular formula is C19H26N4OS. The van der Waals surface area contributed by atoms with Crippen molar-refractivity contribution in [2.75, 3.05) is 19.6 Å². The van der Waals surface area contributed by atoms with Crippen LogP contribution in [0, 0.1) is 13.8 Å². The molecule has 1 aliphatic heterocycles. The Bertz CT molecular complexity index is 742. The Morgan fingerprint density at radius 1 is 1.40 bits per heavy atom. The van der Waals surface area contributed by atoms with Gasteiger partial charge in [-0.1, -0.05) is 6.07 Å². The van der Waals surface area contributed by atoms with Crippen LogP contribution in [0.4, 0.5) is 0 Å². The average Bonchev–Trinajstić information content (AvgIpc) is 3.32. The van der Waals surface area contributed by atoms with Gasteiger partial charge in [-0.05, 0) is 57.3 Å². The molecule has 1 saturated heterocycles. The lowest BCUT2D eigenvalue weighted by atomic mass is 10.2. The summed E-state index contributed by atoms with van der Waals surface area (Å²) in [4.78, 5) is 16.1. The highest BCUT2D eigenvalue weighted by atomic mass is 32.1. The van der Waals surface area contributed by atoms with Crippen LogP contribution < -0.4 is 5.32 Å². The number of aromatic nitrogens is 2. The van der Waals surface area contributed by atoms with Crippen molar-refractivity contribution in [1.82, 2.24) is 20.0 Å². The highest BCUT2D eigenvalue weighted by Gasteiger charge is 2.24. The number of hydrogen-bond acceptors (Lipinski definition) is 4. The van der Waals surface area contributed by atoms with E-state index in [4.69, 9.17) is 0 Å². The zero-order valence-corrected chi connectivity index (χ0v) is 16.0. The SMILES string of the molecule is Cc1nn(C)c(C)c1/C=C\C(=O)NC[C@H](c1cccs1)N1CCCC1. The lowest BCUT2D eigenvalue weighted by Gasteiger charge is -2.26. The van der Waals surface area contributed by atoms with E-state index in [-0.39, 0.29) is 11.9 Å². The molecule has 0 bridgehead atoms. The summed E-state index contributed by atoms with van der Waals surface area (Å²) in [5.41, 5.74) is 3.03. The summed E-state index contributed by atoms with van der Waals surface area (Å²) in [6, 6.07) is 4.53. The molecule has 2 aromatic rings. The number of aryl methyl sites for hydroxylation is 2. The number of amides is 1. The Balaban J connectivity index is 1.62. The first-order valence-electron chi connectivity index (χ1n) is 8.80. The van der Waals surface area contributed by atoms with Gasteiger partial charge in [0.1, 0.15) is 0 Å². The maximum Gasteiger partial charge on any atom is 0.244 e. The van der Waals surface area contributed by atoms with Gasteiger partial charge in [-0.15, -0.1) is 11.3 Å². The van der Waals surface area contributed by atoms with Crippen molar-refractivity contribution >= 4 is 23.3 Å². The van der Waals surface area contributed by atoms with Crippen LogP contribution in [-0.2, 0) is 11.8 Å². The maximum atomic E-state index is 12.3. The molecule has 2 aromatic heterocycles. The molecule has 3 rings (SSSR count). The Kier molecular flexibility index (Phi) is 5.71. The molecule has 1 aliphatic rings. The number of hydrogen-bond donors (Lipinski definition) is 1. The van der Waals surface area contributed by atoms with Crippen molar-refractivity contribution in [2.45, 2.75) is 32.7 Å². The van der Waals surface area contributed by atoms with Gasteiger partial charge < -0.3 is 5.32 Å². The quantitative estimate of drug-likeness (QED) is 0.808. The third-order valence-corrected chi connectivity index (χ3v) is 5.86. The topological polar surface area (TPSA) is 50.2 Å². The van der Waals surface area contributed by atoms with Crippen molar-refractivity contribution < 1.29 is 4.79 Å². The Morgan fingerprint density at radius 3 is 2.76 bits per heavy atom. The van der Waals surface area contributed by atoms with Crippen molar-refractivity contribution in [2.24, 2.45) is 7.05 Å². The Hall–Kier alpha value is -1.92. The van der Waals surface area contributed by atoms with Crippen LogP contribution in [0.2, 0.25) is 0 Å². The van der Waals surface area contributed by atoms with Gasteiger partial charge in [0.15, 0.2) is 0 Å². The summed E-state index contributed by atoms with van der Waals surface area (Å²) in [5.74, 6) is -0.0524. The van der Waals surface area contributed by atoms with E-state index in [1.54, 1.807) is 17.4 Å². The van der Waals surface area contributed by atoms with Crippen LogP contribution in [0.15, 0.2) is 23.6 Å². The first-order chi connectivity index (χ1) is 12.1. The summed E-state index contributed by atoms with van der Waals surface area (Å²) >= 11 is 1.76. The molecule has 0 aromatic carbocycles. The van der Waals surface area contributed by atoms with Crippen molar-refractivity contribution in [1.29, 1.82) is 0 Å². The predicted molar refractivity (Wildman–Crippen MR) is 103 cm³/mol. The molecule has 0 radical (unpaired) electrons. The molecule has 5 nitrogen and oxygen atoms in total. The van der Waals surface area contributed by atoms with Crippen molar-refractivity contribution in [3.05, 3.63) is 45.4 Å². The van der Waals surface area contributed by atoms with Gasteiger partial charge in [-0.2, -0.15) is 5.10 Å². The molecular weight excluding hydrogens is 332 g/mol. The lowest BCUT2D eigenvalue weighted by molar-refractivity contribution is -0.116. The number of rotatable bonds is 6. The van der Waals surface area contributed by atoms with E-state index in [0.29, 0.717) is 6.54 Å². The van der Waals surface area contributed by atoms with E-state index in [9.17, 15) is 4.79 Å². The number of carbonyl (C=O) groups excluding carboxylic acids is 1. The first-order valence-corrected chi connectivity index (χ1v) is 9.68. The highest BCUT2D eigenvalue weighted by molar-refractivity contribution is 7.10. The third-order valence-electron chi connectivity index (χ3n) is 4.89. The molecule has 0 spiro atoms. The number of nitrogens with one attached hydrogen (secondary N) is 1. The second-order valence-corrected chi connectivity index (χ2v) is 7.54. The van der Waals surface area contributed by atoms with Crippen molar-refractivity contribution in [3.63, 3.8) is 0 Å². The van der Waals surface area contributed by atoms with Crippen LogP contribution in [-0.4, -0.2) is 40.2 Å². The molecule has 134 valence electrons. The van der Waals surface area contributed by atoms with Crippen LogP contribution in [0.5, 0.6) is 0 Å². The zero-order chi connectivity index (χ0) is 17.8. The Morgan fingerprint density at radius 2 is 2.16 bits per heavy atom. The van der Waals surface area contributed by atoms with Crippen molar-refractivity contribution in [3.8, 4) is 0 Å². The average molecular weight is 359 g/mol. The molecule has 1 amide bonds. The van der Waals surface area contributed by atoms with Gasteiger partial charge in [0.05, 0.1) is 11.7 Å². The fraction of sp³-hybridized carbons (Fsp3) is 0.474. The minimum atomic E-state index is -0.0524. The fourth-order valence-corrected chi connectivity index (χ4v) is 4.25. The van der Waals surface area contributed by atoms with Gasteiger partial charge in [0.2, 0.25) is 5.91 Å². The van der Waals surface area contributed by atoms with E-state index >= 15 is 0 Å². The van der Waals surface area contributed by atoms with E-state index in [0.717, 1.165) is 30.0 Å². The molecule has 0 saturated carbocycles. The minimum absolute atomic E-state index is 0.0524. The van der Waals surface area contributed by atoms with Crippen LogP contribution in [0.3, 0.4) is 0 Å². The molecule has 0 aliphatic carbocycles. The number of thiophene rings is 1. The third kappa shape index (κ3) is 4.19. The standard InChI is InChI=1S/C19H26N4OS/c1-14-16(15(2)22(3)21-14)8-9-19(24)20-13-17(18-7-6-12-25-18)23-10-4-5-11-23/h6-9,12,17H,4-5,10-11,13H2,1-3H3,(H,20,24)/b9-8-/t17-/m1/s1. The molecule has 6 heteroatoms.